The summed E-state index contributed by atoms with van der Waals surface area (Å²) >= 11 is 6.18. The van der Waals surface area contributed by atoms with Gasteiger partial charge in [0.25, 0.3) is 5.91 Å². The van der Waals surface area contributed by atoms with E-state index in [1.165, 1.54) is 14.2 Å². The lowest BCUT2D eigenvalue weighted by atomic mass is 10.1. The van der Waals surface area contributed by atoms with E-state index in [2.05, 4.69) is 5.32 Å². The standard InChI is InChI=1S/C19H17ClN2O4/c1-25-16-10-13(8-14(20)17(16)26-2)9-15-18(23)22(19(24)21-15)11-12-6-4-3-5-7-12/h3-10H,11H2,1-2H3,(H,21,24). The molecule has 3 amide bonds. The Morgan fingerprint density at radius 2 is 1.85 bits per heavy atom. The van der Waals surface area contributed by atoms with Crippen molar-refractivity contribution in [2.45, 2.75) is 6.54 Å². The smallest absolute Gasteiger partial charge is 0.329 e. The molecule has 0 atom stereocenters. The van der Waals surface area contributed by atoms with Gasteiger partial charge in [-0.05, 0) is 29.3 Å². The second-order valence-corrected chi connectivity index (χ2v) is 6.01. The predicted molar refractivity (Wildman–Crippen MR) is 98.1 cm³/mol. The van der Waals surface area contributed by atoms with Crippen LogP contribution in [0.25, 0.3) is 6.08 Å². The highest BCUT2D eigenvalue weighted by molar-refractivity contribution is 6.32. The Morgan fingerprint density at radius 3 is 2.50 bits per heavy atom. The number of halogens is 1. The minimum Gasteiger partial charge on any atom is -0.493 e. The topological polar surface area (TPSA) is 67.9 Å². The molecule has 2 aromatic carbocycles. The number of hydrogen-bond acceptors (Lipinski definition) is 4. The summed E-state index contributed by atoms with van der Waals surface area (Å²) in [5.74, 6) is 0.443. The van der Waals surface area contributed by atoms with Crippen LogP contribution < -0.4 is 14.8 Å². The first-order valence-electron chi connectivity index (χ1n) is 7.83. The van der Waals surface area contributed by atoms with Crippen molar-refractivity contribution < 1.29 is 19.1 Å². The van der Waals surface area contributed by atoms with Crippen molar-refractivity contribution in [1.82, 2.24) is 10.2 Å². The lowest BCUT2D eigenvalue weighted by Crippen LogP contribution is -2.30. The molecule has 0 aliphatic carbocycles. The first kappa shape index (κ1) is 17.8. The van der Waals surface area contributed by atoms with Crippen LogP contribution in [-0.4, -0.2) is 31.1 Å². The third kappa shape index (κ3) is 3.50. The van der Waals surface area contributed by atoms with Gasteiger partial charge in [0.05, 0.1) is 25.8 Å². The first-order valence-corrected chi connectivity index (χ1v) is 8.21. The van der Waals surface area contributed by atoms with Gasteiger partial charge in [-0.3, -0.25) is 9.69 Å². The number of carbonyl (C=O) groups excluding carboxylic acids is 2. The first-order chi connectivity index (χ1) is 12.5. The summed E-state index contributed by atoms with van der Waals surface area (Å²) in [5, 5.41) is 2.94. The molecule has 6 nitrogen and oxygen atoms in total. The van der Waals surface area contributed by atoms with Gasteiger partial charge in [-0.1, -0.05) is 41.9 Å². The van der Waals surface area contributed by atoms with Crippen LogP contribution in [0.3, 0.4) is 0 Å². The van der Waals surface area contributed by atoms with E-state index < -0.39 is 11.9 Å². The summed E-state index contributed by atoms with van der Waals surface area (Å²) in [6, 6.07) is 12.2. The van der Waals surface area contributed by atoms with Crippen molar-refractivity contribution in [3.63, 3.8) is 0 Å². The Balaban J connectivity index is 1.87. The van der Waals surface area contributed by atoms with E-state index in [-0.39, 0.29) is 12.2 Å². The van der Waals surface area contributed by atoms with Crippen molar-refractivity contribution in [3.8, 4) is 11.5 Å². The van der Waals surface area contributed by atoms with Gasteiger partial charge in [-0.2, -0.15) is 0 Å². The van der Waals surface area contributed by atoms with Crippen LogP contribution in [0.4, 0.5) is 4.79 Å². The number of imide groups is 1. The van der Waals surface area contributed by atoms with Gasteiger partial charge in [0.1, 0.15) is 5.70 Å². The van der Waals surface area contributed by atoms with E-state index >= 15 is 0 Å². The Kier molecular flexibility index (Phi) is 5.14. The number of hydrogen-bond donors (Lipinski definition) is 1. The molecule has 26 heavy (non-hydrogen) atoms. The zero-order valence-electron chi connectivity index (χ0n) is 14.3. The maximum absolute atomic E-state index is 12.6. The molecule has 0 radical (unpaired) electrons. The minimum atomic E-state index is -0.461. The van der Waals surface area contributed by atoms with E-state index in [1.54, 1.807) is 18.2 Å². The van der Waals surface area contributed by atoms with Gasteiger partial charge >= 0.3 is 6.03 Å². The number of urea groups is 1. The summed E-state index contributed by atoms with van der Waals surface area (Å²) in [4.78, 5) is 25.9. The predicted octanol–water partition coefficient (Wildman–Crippen LogP) is 3.45. The summed E-state index contributed by atoms with van der Waals surface area (Å²) in [5.41, 5.74) is 1.65. The van der Waals surface area contributed by atoms with Crippen LogP contribution >= 0.6 is 11.6 Å². The van der Waals surface area contributed by atoms with Gasteiger partial charge in [0, 0.05) is 0 Å². The Hall–Kier alpha value is -2.99. The fraction of sp³-hybridized carbons (Fsp3) is 0.158. The Morgan fingerprint density at radius 1 is 1.12 bits per heavy atom. The molecular weight excluding hydrogens is 356 g/mol. The molecule has 7 heteroatoms. The Labute approximate surface area is 156 Å². The number of benzene rings is 2. The third-order valence-corrected chi connectivity index (χ3v) is 4.19. The monoisotopic (exact) mass is 372 g/mol. The van der Waals surface area contributed by atoms with Crippen LogP contribution in [0, 0.1) is 0 Å². The molecule has 0 bridgehead atoms. The molecule has 0 unspecified atom stereocenters. The van der Waals surface area contributed by atoms with Crippen molar-refractivity contribution in [3.05, 3.63) is 64.3 Å². The fourth-order valence-electron chi connectivity index (χ4n) is 2.67. The van der Waals surface area contributed by atoms with E-state index in [0.717, 1.165) is 10.5 Å². The largest absolute Gasteiger partial charge is 0.493 e. The number of carbonyl (C=O) groups is 2. The summed E-state index contributed by atoms with van der Waals surface area (Å²) < 4.78 is 10.4. The van der Waals surface area contributed by atoms with Crippen molar-refractivity contribution >= 4 is 29.6 Å². The highest BCUT2D eigenvalue weighted by Crippen LogP contribution is 2.36. The Bertz CT molecular complexity index is 881. The minimum absolute atomic E-state index is 0.175. The van der Waals surface area contributed by atoms with Crippen molar-refractivity contribution in [2.24, 2.45) is 0 Å². The average molecular weight is 373 g/mol. The van der Waals surface area contributed by atoms with E-state index in [0.29, 0.717) is 22.1 Å². The molecule has 3 rings (SSSR count). The van der Waals surface area contributed by atoms with Crippen molar-refractivity contribution in [1.29, 1.82) is 0 Å². The van der Waals surface area contributed by atoms with Crippen LogP contribution in [0.15, 0.2) is 48.2 Å². The van der Waals surface area contributed by atoms with E-state index in [1.807, 2.05) is 30.3 Å². The molecule has 1 aliphatic heterocycles. The third-order valence-electron chi connectivity index (χ3n) is 3.91. The van der Waals surface area contributed by atoms with Gasteiger partial charge in [-0.25, -0.2) is 4.79 Å². The van der Waals surface area contributed by atoms with Crippen molar-refractivity contribution in [2.75, 3.05) is 14.2 Å². The van der Waals surface area contributed by atoms with Crippen LogP contribution in [0.1, 0.15) is 11.1 Å². The number of rotatable bonds is 5. The highest BCUT2D eigenvalue weighted by atomic mass is 35.5. The second kappa shape index (κ2) is 7.49. The van der Waals surface area contributed by atoms with Crippen LogP contribution in [-0.2, 0) is 11.3 Å². The van der Waals surface area contributed by atoms with Gasteiger partial charge in [0.2, 0.25) is 0 Å². The van der Waals surface area contributed by atoms with Gasteiger partial charge < -0.3 is 14.8 Å². The summed E-state index contributed by atoms with van der Waals surface area (Å²) in [7, 11) is 2.99. The molecule has 2 aromatic rings. The zero-order chi connectivity index (χ0) is 18.7. The van der Waals surface area contributed by atoms with E-state index in [4.69, 9.17) is 21.1 Å². The highest BCUT2D eigenvalue weighted by Gasteiger charge is 2.33. The molecule has 134 valence electrons. The normalized spacial score (nSPS) is 15.3. The number of ether oxygens (including phenoxy) is 2. The maximum Gasteiger partial charge on any atom is 0.329 e. The molecular formula is C19H17ClN2O4. The lowest BCUT2D eigenvalue weighted by molar-refractivity contribution is -0.123. The summed E-state index contributed by atoms with van der Waals surface area (Å²) in [6.07, 6.45) is 1.55. The lowest BCUT2D eigenvalue weighted by Gasteiger charge is -2.11. The molecule has 0 saturated carbocycles. The molecule has 1 N–H and O–H groups in total. The molecule has 1 aliphatic rings. The number of nitrogens with zero attached hydrogens (tertiary/aromatic N) is 1. The quantitative estimate of drug-likeness (QED) is 0.644. The van der Waals surface area contributed by atoms with Gasteiger partial charge in [-0.15, -0.1) is 0 Å². The van der Waals surface area contributed by atoms with Crippen LogP contribution in [0.2, 0.25) is 5.02 Å². The molecule has 1 saturated heterocycles. The average Bonchev–Trinajstić information content (AvgIpc) is 2.89. The second-order valence-electron chi connectivity index (χ2n) is 5.60. The maximum atomic E-state index is 12.6. The molecule has 0 spiro atoms. The van der Waals surface area contributed by atoms with E-state index in [9.17, 15) is 9.59 Å². The zero-order valence-corrected chi connectivity index (χ0v) is 15.0. The molecule has 1 heterocycles. The van der Waals surface area contributed by atoms with Crippen LogP contribution in [0.5, 0.6) is 11.5 Å². The number of nitrogens with one attached hydrogen (secondary N) is 1. The number of methoxy groups -OCH3 is 2. The SMILES string of the molecule is COc1cc(C=C2NC(=O)N(Cc3ccccc3)C2=O)cc(Cl)c1OC. The summed E-state index contributed by atoms with van der Waals surface area (Å²) in [6.45, 7) is 0.204. The van der Waals surface area contributed by atoms with Gasteiger partial charge in [0.15, 0.2) is 11.5 Å². The molecule has 0 aromatic heterocycles. The number of amides is 3. The molecule has 1 fully saturated rings. The fourth-order valence-corrected chi connectivity index (χ4v) is 2.97.